The van der Waals surface area contributed by atoms with Gasteiger partial charge < -0.3 is 9.64 Å². The minimum Gasteiger partial charge on any atom is -0.496 e. The molecule has 82 valence electrons. The molecule has 1 aromatic rings. The molecule has 0 spiro atoms. The lowest BCUT2D eigenvalue weighted by Gasteiger charge is -2.14. The van der Waals surface area contributed by atoms with Crippen LogP contribution in [-0.4, -0.2) is 26.1 Å². The van der Waals surface area contributed by atoms with E-state index < -0.39 is 4.92 Å². The molecule has 0 saturated carbocycles. The Morgan fingerprint density at radius 3 is 2.40 bits per heavy atom. The van der Waals surface area contributed by atoms with Crippen LogP contribution in [-0.2, 0) is 0 Å². The number of hydrogen-bond donors (Lipinski definition) is 0. The summed E-state index contributed by atoms with van der Waals surface area (Å²) in [6, 6.07) is 3.32. The predicted molar refractivity (Wildman–Crippen MR) is 58.7 cm³/mol. The molecule has 0 aliphatic carbocycles. The molecule has 0 aliphatic heterocycles. The first-order valence-electron chi connectivity index (χ1n) is 4.47. The molecular formula is C10H14N2O3. The third kappa shape index (κ3) is 2.18. The van der Waals surface area contributed by atoms with Gasteiger partial charge in [-0.1, -0.05) is 0 Å². The van der Waals surface area contributed by atoms with E-state index in [0.29, 0.717) is 11.3 Å². The van der Waals surface area contributed by atoms with Gasteiger partial charge in [-0.05, 0) is 6.92 Å². The molecular weight excluding hydrogens is 196 g/mol. The van der Waals surface area contributed by atoms with E-state index >= 15 is 0 Å². The molecule has 0 saturated heterocycles. The number of hydrogen-bond acceptors (Lipinski definition) is 4. The Labute approximate surface area is 88.4 Å². The number of methoxy groups -OCH3 is 1. The lowest BCUT2D eigenvalue weighted by molar-refractivity contribution is -0.385. The maximum Gasteiger partial charge on any atom is 0.278 e. The Morgan fingerprint density at radius 1 is 1.40 bits per heavy atom. The zero-order chi connectivity index (χ0) is 11.6. The molecule has 0 aromatic heterocycles. The van der Waals surface area contributed by atoms with Crippen LogP contribution in [0, 0.1) is 17.0 Å². The highest BCUT2D eigenvalue weighted by molar-refractivity contribution is 5.62. The molecule has 0 bridgehead atoms. The second-order valence-electron chi connectivity index (χ2n) is 3.44. The van der Waals surface area contributed by atoms with E-state index in [4.69, 9.17) is 4.74 Å². The van der Waals surface area contributed by atoms with Gasteiger partial charge in [0.15, 0.2) is 0 Å². The van der Waals surface area contributed by atoms with Crippen molar-refractivity contribution in [3.05, 3.63) is 27.8 Å². The molecule has 1 aromatic carbocycles. The number of anilines is 1. The van der Waals surface area contributed by atoms with Gasteiger partial charge in [0, 0.05) is 31.9 Å². The monoisotopic (exact) mass is 210 g/mol. The lowest BCUT2D eigenvalue weighted by Crippen LogP contribution is -2.09. The third-order valence-electron chi connectivity index (χ3n) is 2.25. The molecule has 15 heavy (non-hydrogen) atoms. The number of benzene rings is 1. The number of nitro groups is 1. The smallest absolute Gasteiger partial charge is 0.278 e. The van der Waals surface area contributed by atoms with Gasteiger partial charge in [-0.3, -0.25) is 10.1 Å². The summed E-state index contributed by atoms with van der Waals surface area (Å²) in [6.45, 7) is 1.68. The van der Waals surface area contributed by atoms with E-state index in [0.717, 1.165) is 5.69 Å². The average molecular weight is 210 g/mol. The summed E-state index contributed by atoms with van der Waals surface area (Å²) in [5.74, 6) is 0.535. The van der Waals surface area contributed by atoms with Gasteiger partial charge in [-0.2, -0.15) is 0 Å². The van der Waals surface area contributed by atoms with Crippen LogP contribution in [0.1, 0.15) is 5.56 Å². The summed E-state index contributed by atoms with van der Waals surface area (Å²) in [6.07, 6.45) is 0. The zero-order valence-corrected chi connectivity index (χ0v) is 9.27. The van der Waals surface area contributed by atoms with Crippen molar-refractivity contribution in [2.75, 3.05) is 26.1 Å². The fourth-order valence-corrected chi connectivity index (χ4v) is 1.32. The van der Waals surface area contributed by atoms with Gasteiger partial charge in [0.25, 0.3) is 5.69 Å². The highest BCUT2D eigenvalue weighted by Gasteiger charge is 2.17. The molecule has 5 nitrogen and oxygen atoms in total. The molecule has 0 heterocycles. The first-order chi connectivity index (χ1) is 6.97. The standard InChI is InChI=1S/C10H14N2O3/c1-7-9(12(13)14)5-8(11(2)3)6-10(7)15-4/h5-6H,1-4H3. The molecule has 0 fully saturated rings. The minimum atomic E-state index is -0.398. The van der Waals surface area contributed by atoms with E-state index in [2.05, 4.69) is 0 Å². The van der Waals surface area contributed by atoms with Crippen LogP contribution in [0.3, 0.4) is 0 Å². The second kappa shape index (κ2) is 4.16. The first-order valence-corrected chi connectivity index (χ1v) is 4.47. The summed E-state index contributed by atoms with van der Waals surface area (Å²) in [4.78, 5) is 12.2. The number of nitrogens with zero attached hydrogens (tertiary/aromatic N) is 2. The average Bonchev–Trinajstić information content (AvgIpc) is 2.17. The van der Waals surface area contributed by atoms with E-state index in [1.807, 2.05) is 14.1 Å². The topological polar surface area (TPSA) is 55.6 Å². The van der Waals surface area contributed by atoms with E-state index in [1.165, 1.54) is 13.2 Å². The van der Waals surface area contributed by atoms with Crippen molar-refractivity contribution >= 4 is 11.4 Å². The molecule has 0 atom stereocenters. The Balaban J connectivity index is 3.38. The van der Waals surface area contributed by atoms with Crippen LogP contribution in [0.25, 0.3) is 0 Å². The summed E-state index contributed by atoms with van der Waals surface area (Å²) in [5, 5.41) is 10.8. The van der Waals surface area contributed by atoms with Crippen LogP contribution in [0.5, 0.6) is 5.75 Å². The first kappa shape index (κ1) is 11.3. The van der Waals surface area contributed by atoms with Crippen LogP contribution < -0.4 is 9.64 Å². The van der Waals surface area contributed by atoms with Gasteiger partial charge in [0.1, 0.15) is 5.75 Å². The van der Waals surface area contributed by atoms with Crippen molar-refractivity contribution in [1.82, 2.24) is 0 Å². The van der Waals surface area contributed by atoms with Crippen LogP contribution in [0.4, 0.5) is 11.4 Å². The van der Waals surface area contributed by atoms with E-state index in [9.17, 15) is 10.1 Å². The maximum absolute atomic E-state index is 10.8. The molecule has 1 rings (SSSR count). The summed E-state index contributed by atoms with van der Waals surface area (Å²) >= 11 is 0. The quantitative estimate of drug-likeness (QED) is 0.565. The van der Waals surface area contributed by atoms with E-state index in [-0.39, 0.29) is 5.69 Å². The Hall–Kier alpha value is -1.78. The molecule has 0 amide bonds. The van der Waals surface area contributed by atoms with Gasteiger partial charge in [-0.25, -0.2) is 0 Å². The highest BCUT2D eigenvalue weighted by atomic mass is 16.6. The fraction of sp³-hybridized carbons (Fsp3) is 0.400. The van der Waals surface area contributed by atoms with Crippen molar-refractivity contribution in [2.24, 2.45) is 0 Å². The van der Waals surface area contributed by atoms with Crippen molar-refractivity contribution in [2.45, 2.75) is 6.92 Å². The lowest BCUT2D eigenvalue weighted by atomic mass is 10.1. The van der Waals surface area contributed by atoms with Gasteiger partial charge in [-0.15, -0.1) is 0 Å². The number of ether oxygens (including phenoxy) is 1. The summed E-state index contributed by atoms with van der Waals surface area (Å²) in [5.41, 5.74) is 1.38. The van der Waals surface area contributed by atoms with Crippen molar-refractivity contribution < 1.29 is 9.66 Å². The SMILES string of the molecule is COc1cc(N(C)C)cc([N+](=O)[O-])c1C. The largest absolute Gasteiger partial charge is 0.496 e. The van der Waals surface area contributed by atoms with Crippen molar-refractivity contribution in [3.63, 3.8) is 0 Å². The molecule has 0 aliphatic rings. The van der Waals surface area contributed by atoms with Crippen molar-refractivity contribution in [3.8, 4) is 5.75 Å². The zero-order valence-electron chi connectivity index (χ0n) is 9.27. The maximum atomic E-state index is 10.8. The van der Waals surface area contributed by atoms with Crippen LogP contribution in [0.15, 0.2) is 12.1 Å². The Bertz CT molecular complexity index is 388. The molecule has 5 heteroatoms. The molecule has 0 radical (unpaired) electrons. The van der Waals surface area contributed by atoms with Crippen LogP contribution >= 0.6 is 0 Å². The van der Waals surface area contributed by atoms with Crippen LogP contribution in [0.2, 0.25) is 0 Å². The summed E-state index contributed by atoms with van der Waals surface area (Å²) < 4.78 is 5.10. The van der Waals surface area contributed by atoms with Crippen molar-refractivity contribution in [1.29, 1.82) is 0 Å². The Kier molecular flexibility index (Phi) is 3.14. The van der Waals surface area contributed by atoms with Gasteiger partial charge in [0.05, 0.1) is 17.6 Å². The molecule has 0 unspecified atom stereocenters. The third-order valence-corrected chi connectivity index (χ3v) is 2.25. The molecule has 0 N–H and O–H groups in total. The highest BCUT2D eigenvalue weighted by Crippen LogP contribution is 2.32. The Morgan fingerprint density at radius 2 is 2.00 bits per heavy atom. The van der Waals surface area contributed by atoms with E-state index in [1.54, 1.807) is 17.9 Å². The van der Waals surface area contributed by atoms with Gasteiger partial charge in [0.2, 0.25) is 0 Å². The predicted octanol–water partition coefficient (Wildman–Crippen LogP) is 1.98. The summed E-state index contributed by atoms with van der Waals surface area (Å²) in [7, 11) is 5.16. The van der Waals surface area contributed by atoms with Gasteiger partial charge >= 0.3 is 0 Å². The number of nitro benzene ring substituents is 1. The number of rotatable bonds is 3. The minimum absolute atomic E-state index is 0.0815. The fourth-order valence-electron chi connectivity index (χ4n) is 1.32. The second-order valence-corrected chi connectivity index (χ2v) is 3.44. The normalized spacial score (nSPS) is 9.87.